The SMILES string of the molecule is Cc1cccc(N2CCN([C@@H](c3ccccc3F)c3nnnn3Cc3cccs3)CC2)c1C. The topological polar surface area (TPSA) is 50.1 Å². The van der Waals surface area contributed by atoms with E-state index < -0.39 is 0 Å². The maximum atomic E-state index is 15.0. The Balaban J connectivity index is 1.44. The fourth-order valence-corrected chi connectivity index (χ4v) is 5.25. The molecule has 0 saturated carbocycles. The minimum atomic E-state index is -0.345. The van der Waals surface area contributed by atoms with E-state index in [1.807, 2.05) is 23.6 Å². The van der Waals surface area contributed by atoms with Crippen LogP contribution in [0, 0.1) is 19.7 Å². The average molecular weight is 463 g/mol. The Hall–Kier alpha value is -3.10. The number of benzene rings is 2. The number of aromatic nitrogens is 4. The Labute approximate surface area is 197 Å². The third kappa shape index (κ3) is 4.41. The van der Waals surface area contributed by atoms with Crippen LogP contribution < -0.4 is 4.90 Å². The molecule has 170 valence electrons. The van der Waals surface area contributed by atoms with Gasteiger partial charge < -0.3 is 4.90 Å². The number of thiophene rings is 1. The molecule has 0 amide bonds. The standard InChI is InChI=1S/C25H27FN6S/c1-18-7-5-11-23(19(18)2)30-12-14-31(15-13-30)24(21-9-3-4-10-22(21)26)25-27-28-29-32(25)17-20-8-6-16-33-20/h3-11,16,24H,12-15,17H2,1-2H3/t24-/m0/s1. The molecule has 1 aliphatic rings. The smallest absolute Gasteiger partial charge is 0.173 e. The van der Waals surface area contributed by atoms with E-state index in [4.69, 9.17) is 0 Å². The lowest BCUT2D eigenvalue weighted by Gasteiger charge is -2.40. The largest absolute Gasteiger partial charge is 0.369 e. The molecule has 3 heterocycles. The first-order chi connectivity index (χ1) is 16.1. The summed E-state index contributed by atoms with van der Waals surface area (Å²) in [6.45, 7) is 8.21. The minimum Gasteiger partial charge on any atom is -0.369 e. The molecular formula is C25H27FN6S. The Bertz CT molecular complexity index is 1210. The predicted octanol–water partition coefficient (Wildman–Crippen LogP) is 4.45. The number of tetrazole rings is 1. The number of rotatable bonds is 6. The molecule has 1 atom stereocenters. The molecule has 0 N–H and O–H groups in total. The third-order valence-electron chi connectivity index (χ3n) is 6.49. The number of aryl methyl sites for hydroxylation is 1. The summed E-state index contributed by atoms with van der Waals surface area (Å²) in [6, 6.07) is 17.2. The summed E-state index contributed by atoms with van der Waals surface area (Å²) in [6.07, 6.45) is 0. The second kappa shape index (κ2) is 9.41. The van der Waals surface area contributed by atoms with Gasteiger partial charge in [0.2, 0.25) is 0 Å². The summed E-state index contributed by atoms with van der Waals surface area (Å²) in [7, 11) is 0. The highest BCUT2D eigenvalue weighted by Gasteiger charge is 2.32. The average Bonchev–Trinajstić information content (AvgIpc) is 3.51. The molecule has 0 aliphatic carbocycles. The summed E-state index contributed by atoms with van der Waals surface area (Å²) in [4.78, 5) is 5.89. The van der Waals surface area contributed by atoms with Gasteiger partial charge in [-0.05, 0) is 59.0 Å². The van der Waals surface area contributed by atoms with Crippen molar-refractivity contribution in [2.24, 2.45) is 0 Å². The number of anilines is 1. The zero-order valence-electron chi connectivity index (χ0n) is 18.9. The highest BCUT2D eigenvalue weighted by molar-refractivity contribution is 7.09. The fraction of sp³-hybridized carbons (Fsp3) is 0.320. The van der Waals surface area contributed by atoms with Crippen LogP contribution in [0.15, 0.2) is 60.0 Å². The summed E-state index contributed by atoms with van der Waals surface area (Å²) >= 11 is 1.67. The van der Waals surface area contributed by atoms with Gasteiger partial charge >= 0.3 is 0 Å². The van der Waals surface area contributed by atoms with Crippen molar-refractivity contribution in [2.75, 3.05) is 31.1 Å². The molecule has 1 saturated heterocycles. The molecule has 33 heavy (non-hydrogen) atoms. The van der Waals surface area contributed by atoms with Gasteiger partial charge in [0, 0.05) is 42.3 Å². The molecular weight excluding hydrogens is 435 g/mol. The minimum absolute atomic E-state index is 0.231. The van der Waals surface area contributed by atoms with Crippen molar-refractivity contribution < 1.29 is 4.39 Å². The highest BCUT2D eigenvalue weighted by atomic mass is 32.1. The Morgan fingerprint density at radius 1 is 0.970 bits per heavy atom. The zero-order chi connectivity index (χ0) is 22.8. The van der Waals surface area contributed by atoms with Gasteiger partial charge in [0.05, 0.1) is 6.54 Å². The second-order valence-corrected chi connectivity index (χ2v) is 9.47. The van der Waals surface area contributed by atoms with E-state index in [2.05, 4.69) is 63.4 Å². The maximum Gasteiger partial charge on any atom is 0.173 e. The molecule has 1 fully saturated rings. The second-order valence-electron chi connectivity index (χ2n) is 8.44. The van der Waals surface area contributed by atoms with E-state index in [9.17, 15) is 0 Å². The molecule has 0 bridgehead atoms. The van der Waals surface area contributed by atoms with E-state index in [1.165, 1.54) is 22.9 Å². The molecule has 4 aromatic rings. The van der Waals surface area contributed by atoms with E-state index in [-0.39, 0.29) is 11.9 Å². The van der Waals surface area contributed by atoms with Gasteiger partial charge in [0.25, 0.3) is 0 Å². The number of hydrogen-bond acceptors (Lipinski definition) is 6. The van der Waals surface area contributed by atoms with Gasteiger partial charge in [-0.2, -0.15) is 0 Å². The van der Waals surface area contributed by atoms with Crippen molar-refractivity contribution in [3.8, 4) is 0 Å². The van der Waals surface area contributed by atoms with Crippen LogP contribution in [-0.4, -0.2) is 51.3 Å². The summed E-state index contributed by atoms with van der Waals surface area (Å²) in [5, 5.41) is 14.6. The van der Waals surface area contributed by atoms with Crippen LogP contribution in [0.2, 0.25) is 0 Å². The first-order valence-electron chi connectivity index (χ1n) is 11.2. The van der Waals surface area contributed by atoms with Gasteiger partial charge in [-0.25, -0.2) is 9.07 Å². The van der Waals surface area contributed by atoms with Crippen LogP contribution in [0.1, 0.15) is 33.4 Å². The first kappa shape index (κ1) is 21.7. The van der Waals surface area contributed by atoms with Crippen LogP contribution in [0.3, 0.4) is 0 Å². The quantitative estimate of drug-likeness (QED) is 0.424. The van der Waals surface area contributed by atoms with E-state index in [1.54, 1.807) is 22.1 Å². The molecule has 8 heteroatoms. The van der Waals surface area contributed by atoms with Gasteiger partial charge in [0.15, 0.2) is 5.82 Å². The Kier molecular flexibility index (Phi) is 6.20. The Morgan fingerprint density at radius 2 is 1.79 bits per heavy atom. The van der Waals surface area contributed by atoms with E-state index in [0.29, 0.717) is 17.9 Å². The van der Waals surface area contributed by atoms with E-state index >= 15 is 4.39 Å². The Morgan fingerprint density at radius 3 is 2.55 bits per heavy atom. The molecule has 5 rings (SSSR count). The van der Waals surface area contributed by atoms with Gasteiger partial charge in [0.1, 0.15) is 11.9 Å². The molecule has 0 unspecified atom stereocenters. The lowest BCUT2D eigenvalue weighted by molar-refractivity contribution is 0.198. The normalized spacial score (nSPS) is 15.7. The van der Waals surface area contributed by atoms with Crippen molar-refractivity contribution in [3.05, 3.63) is 93.2 Å². The molecule has 2 aromatic carbocycles. The van der Waals surface area contributed by atoms with Crippen molar-refractivity contribution in [1.82, 2.24) is 25.1 Å². The van der Waals surface area contributed by atoms with Gasteiger partial charge in [-0.3, -0.25) is 4.90 Å². The number of hydrogen-bond donors (Lipinski definition) is 0. The number of piperazine rings is 1. The van der Waals surface area contributed by atoms with Crippen LogP contribution >= 0.6 is 11.3 Å². The number of halogens is 1. The molecule has 6 nitrogen and oxygen atoms in total. The summed E-state index contributed by atoms with van der Waals surface area (Å²) < 4.78 is 16.8. The van der Waals surface area contributed by atoms with Crippen molar-refractivity contribution >= 4 is 17.0 Å². The predicted molar refractivity (Wildman–Crippen MR) is 129 cm³/mol. The van der Waals surface area contributed by atoms with Crippen molar-refractivity contribution in [3.63, 3.8) is 0 Å². The lowest BCUT2D eigenvalue weighted by atomic mass is 10.0. The van der Waals surface area contributed by atoms with Crippen LogP contribution in [0.25, 0.3) is 0 Å². The number of nitrogens with zero attached hydrogens (tertiary/aromatic N) is 6. The van der Waals surface area contributed by atoms with Crippen LogP contribution in [0.5, 0.6) is 0 Å². The summed E-state index contributed by atoms with van der Waals surface area (Å²) in [5.74, 6) is 0.443. The van der Waals surface area contributed by atoms with E-state index in [0.717, 1.165) is 31.1 Å². The fourth-order valence-electron chi connectivity index (χ4n) is 4.57. The first-order valence-corrected chi connectivity index (χ1v) is 12.1. The monoisotopic (exact) mass is 462 g/mol. The maximum absolute atomic E-state index is 15.0. The highest BCUT2D eigenvalue weighted by Crippen LogP contribution is 2.32. The van der Waals surface area contributed by atoms with Gasteiger partial charge in [-0.1, -0.05) is 36.4 Å². The lowest BCUT2D eigenvalue weighted by Crippen LogP contribution is -2.48. The van der Waals surface area contributed by atoms with Gasteiger partial charge in [-0.15, -0.1) is 16.4 Å². The van der Waals surface area contributed by atoms with Crippen molar-refractivity contribution in [2.45, 2.75) is 26.4 Å². The van der Waals surface area contributed by atoms with Crippen LogP contribution in [0.4, 0.5) is 10.1 Å². The third-order valence-corrected chi connectivity index (χ3v) is 7.35. The molecule has 2 aromatic heterocycles. The molecule has 0 spiro atoms. The van der Waals surface area contributed by atoms with Crippen molar-refractivity contribution in [1.29, 1.82) is 0 Å². The van der Waals surface area contributed by atoms with Crippen LogP contribution in [-0.2, 0) is 6.54 Å². The zero-order valence-corrected chi connectivity index (χ0v) is 19.7. The summed E-state index contributed by atoms with van der Waals surface area (Å²) in [5.41, 5.74) is 4.50. The molecule has 0 radical (unpaired) electrons. The molecule has 1 aliphatic heterocycles.